The van der Waals surface area contributed by atoms with Crippen LogP contribution in [-0.4, -0.2) is 48.9 Å². The molecule has 1 aliphatic heterocycles. The molecule has 3 heteroatoms. The van der Waals surface area contributed by atoms with Crippen LogP contribution < -0.4 is 0 Å². The van der Waals surface area contributed by atoms with Gasteiger partial charge in [-0.1, -0.05) is 20.8 Å². The minimum absolute atomic E-state index is 0.0962. The normalized spacial score (nSPS) is 17.8. The zero-order chi connectivity index (χ0) is 12.2. The number of hydrogen-bond acceptors (Lipinski definition) is 2. The smallest absolute Gasteiger partial charge is 0.222 e. The summed E-state index contributed by atoms with van der Waals surface area (Å²) in [7, 11) is 1.92. The standard InChI is InChI=1S/C13H26N2O/c1-13(2,3)11-12(16)14(4)9-10-15-7-5-6-8-15/h5-11H2,1-4H3. The first-order valence-electron chi connectivity index (χ1n) is 6.35. The van der Waals surface area contributed by atoms with E-state index in [1.54, 1.807) is 0 Å². The molecule has 0 aromatic rings. The zero-order valence-corrected chi connectivity index (χ0v) is 11.3. The molecule has 0 N–H and O–H groups in total. The van der Waals surface area contributed by atoms with E-state index in [2.05, 4.69) is 25.7 Å². The second-order valence-corrected chi connectivity index (χ2v) is 6.10. The van der Waals surface area contributed by atoms with Gasteiger partial charge in [-0.25, -0.2) is 0 Å². The van der Waals surface area contributed by atoms with Gasteiger partial charge in [-0.15, -0.1) is 0 Å². The lowest BCUT2D eigenvalue weighted by atomic mass is 9.92. The van der Waals surface area contributed by atoms with Gasteiger partial charge in [0.05, 0.1) is 0 Å². The Morgan fingerprint density at radius 2 is 1.81 bits per heavy atom. The van der Waals surface area contributed by atoms with Crippen molar-refractivity contribution in [2.75, 3.05) is 33.2 Å². The van der Waals surface area contributed by atoms with E-state index in [1.165, 1.54) is 25.9 Å². The maximum Gasteiger partial charge on any atom is 0.222 e. The molecule has 0 unspecified atom stereocenters. The number of carbonyl (C=O) groups excluding carboxylic acids is 1. The van der Waals surface area contributed by atoms with Crippen LogP contribution in [0.2, 0.25) is 0 Å². The highest BCUT2D eigenvalue weighted by Crippen LogP contribution is 2.19. The fraction of sp³-hybridized carbons (Fsp3) is 0.923. The summed E-state index contributed by atoms with van der Waals surface area (Å²) < 4.78 is 0. The van der Waals surface area contributed by atoms with Crippen LogP contribution in [0.4, 0.5) is 0 Å². The van der Waals surface area contributed by atoms with Gasteiger partial charge >= 0.3 is 0 Å². The largest absolute Gasteiger partial charge is 0.344 e. The predicted molar refractivity (Wildman–Crippen MR) is 67.4 cm³/mol. The molecule has 1 aliphatic rings. The molecule has 1 fully saturated rings. The molecule has 0 saturated carbocycles. The van der Waals surface area contributed by atoms with Gasteiger partial charge in [0.2, 0.25) is 5.91 Å². The molecule has 0 radical (unpaired) electrons. The topological polar surface area (TPSA) is 23.6 Å². The van der Waals surface area contributed by atoms with Crippen LogP contribution in [0, 0.1) is 5.41 Å². The quantitative estimate of drug-likeness (QED) is 0.732. The Bertz CT molecular complexity index is 227. The first-order valence-corrected chi connectivity index (χ1v) is 6.35. The molecule has 0 atom stereocenters. The van der Waals surface area contributed by atoms with Gasteiger partial charge in [0, 0.05) is 26.6 Å². The molecule has 0 aliphatic carbocycles. The summed E-state index contributed by atoms with van der Waals surface area (Å²) in [5.41, 5.74) is 0.0962. The van der Waals surface area contributed by atoms with Gasteiger partial charge in [-0.05, 0) is 31.3 Å². The number of amides is 1. The summed E-state index contributed by atoms with van der Waals surface area (Å²) in [6, 6.07) is 0. The lowest BCUT2D eigenvalue weighted by Crippen LogP contribution is -2.36. The number of hydrogen-bond donors (Lipinski definition) is 0. The van der Waals surface area contributed by atoms with Gasteiger partial charge in [0.25, 0.3) is 0 Å². The molecule has 0 aromatic heterocycles. The molecular formula is C13H26N2O. The molecule has 1 rings (SSSR count). The third-order valence-electron chi connectivity index (χ3n) is 3.06. The van der Waals surface area contributed by atoms with Crippen molar-refractivity contribution in [3.63, 3.8) is 0 Å². The van der Waals surface area contributed by atoms with Crippen LogP contribution >= 0.6 is 0 Å². The minimum Gasteiger partial charge on any atom is -0.344 e. The fourth-order valence-corrected chi connectivity index (χ4v) is 2.01. The van der Waals surface area contributed by atoms with Crippen LogP contribution in [0.25, 0.3) is 0 Å². The monoisotopic (exact) mass is 226 g/mol. The molecule has 94 valence electrons. The van der Waals surface area contributed by atoms with E-state index in [4.69, 9.17) is 0 Å². The molecule has 1 amide bonds. The van der Waals surface area contributed by atoms with Crippen molar-refractivity contribution >= 4 is 5.91 Å². The average Bonchev–Trinajstić information content (AvgIpc) is 2.63. The van der Waals surface area contributed by atoms with E-state index in [9.17, 15) is 4.79 Å². The van der Waals surface area contributed by atoms with Gasteiger partial charge < -0.3 is 9.80 Å². The van der Waals surface area contributed by atoms with E-state index < -0.39 is 0 Å². The van der Waals surface area contributed by atoms with Gasteiger partial charge in [0.1, 0.15) is 0 Å². The first kappa shape index (κ1) is 13.5. The van der Waals surface area contributed by atoms with Crippen molar-refractivity contribution in [2.45, 2.75) is 40.0 Å². The summed E-state index contributed by atoms with van der Waals surface area (Å²) >= 11 is 0. The molecule has 1 heterocycles. The Balaban J connectivity index is 2.23. The minimum atomic E-state index is 0.0962. The summed E-state index contributed by atoms with van der Waals surface area (Å²) in [6.45, 7) is 10.7. The number of nitrogens with zero attached hydrogens (tertiary/aromatic N) is 2. The number of rotatable bonds is 4. The first-order chi connectivity index (χ1) is 7.38. The highest BCUT2D eigenvalue weighted by Gasteiger charge is 2.19. The van der Waals surface area contributed by atoms with E-state index in [1.807, 2.05) is 11.9 Å². The molecule has 1 saturated heterocycles. The van der Waals surface area contributed by atoms with Crippen LogP contribution in [0.15, 0.2) is 0 Å². The molecule has 3 nitrogen and oxygen atoms in total. The summed E-state index contributed by atoms with van der Waals surface area (Å²) in [4.78, 5) is 16.2. The highest BCUT2D eigenvalue weighted by molar-refractivity contribution is 5.76. The fourth-order valence-electron chi connectivity index (χ4n) is 2.01. The third-order valence-corrected chi connectivity index (χ3v) is 3.06. The van der Waals surface area contributed by atoms with Crippen molar-refractivity contribution < 1.29 is 4.79 Å². The Morgan fingerprint density at radius 3 is 2.31 bits per heavy atom. The van der Waals surface area contributed by atoms with E-state index in [-0.39, 0.29) is 11.3 Å². The molecule has 16 heavy (non-hydrogen) atoms. The Hall–Kier alpha value is -0.570. The highest BCUT2D eigenvalue weighted by atomic mass is 16.2. The maximum absolute atomic E-state index is 11.9. The summed E-state index contributed by atoms with van der Waals surface area (Å²) in [5, 5.41) is 0. The molecular weight excluding hydrogens is 200 g/mol. The van der Waals surface area contributed by atoms with Crippen molar-refractivity contribution in [2.24, 2.45) is 5.41 Å². The van der Waals surface area contributed by atoms with Crippen LogP contribution in [0.3, 0.4) is 0 Å². The number of likely N-dealkylation sites (tertiary alicyclic amines) is 1. The van der Waals surface area contributed by atoms with E-state index in [0.29, 0.717) is 6.42 Å². The van der Waals surface area contributed by atoms with Gasteiger partial charge in [0.15, 0.2) is 0 Å². The Kier molecular flexibility index (Phi) is 4.78. The predicted octanol–water partition coefficient (Wildman–Crippen LogP) is 1.98. The third kappa shape index (κ3) is 4.97. The van der Waals surface area contributed by atoms with Crippen molar-refractivity contribution in [1.29, 1.82) is 0 Å². The van der Waals surface area contributed by atoms with Crippen LogP contribution in [0.5, 0.6) is 0 Å². The number of carbonyl (C=O) groups is 1. The second kappa shape index (κ2) is 5.67. The summed E-state index contributed by atoms with van der Waals surface area (Å²) in [6.07, 6.45) is 3.28. The zero-order valence-electron chi connectivity index (χ0n) is 11.3. The molecule has 0 spiro atoms. The average molecular weight is 226 g/mol. The van der Waals surface area contributed by atoms with Crippen molar-refractivity contribution in [1.82, 2.24) is 9.80 Å². The van der Waals surface area contributed by atoms with Crippen molar-refractivity contribution in [3.8, 4) is 0 Å². The lowest BCUT2D eigenvalue weighted by molar-refractivity contribution is -0.131. The molecule has 0 aromatic carbocycles. The second-order valence-electron chi connectivity index (χ2n) is 6.10. The molecule has 0 bridgehead atoms. The maximum atomic E-state index is 11.9. The lowest BCUT2D eigenvalue weighted by Gasteiger charge is -2.25. The van der Waals surface area contributed by atoms with E-state index in [0.717, 1.165) is 13.1 Å². The number of likely N-dealkylation sites (N-methyl/N-ethyl adjacent to an activating group) is 1. The van der Waals surface area contributed by atoms with Crippen molar-refractivity contribution in [3.05, 3.63) is 0 Å². The van der Waals surface area contributed by atoms with Gasteiger partial charge in [-0.2, -0.15) is 0 Å². The van der Waals surface area contributed by atoms with Gasteiger partial charge in [-0.3, -0.25) is 4.79 Å². The van der Waals surface area contributed by atoms with Crippen LogP contribution in [-0.2, 0) is 4.79 Å². The summed E-state index contributed by atoms with van der Waals surface area (Å²) in [5.74, 6) is 0.270. The Labute approximate surface area is 99.8 Å². The Morgan fingerprint density at radius 1 is 1.25 bits per heavy atom. The SMILES string of the molecule is CN(CCN1CCCC1)C(=O)CC(C)(C)C. The van der Waals surface area contributed by atoms with E-state index >= 15 is 0 Å². The van der Waals surface area contributed by atoms with Crippen LogP contribution in [0.1, 0.15) is 40.0 Å².